The first-order valence-corrected chi connectivity index (χ1v) is 5.21. The molecule has 80 valence electrons. The molecule has 1 unspecified atom stereocenters. The second-order valence-electron chi connectivity index (χ2n) is 4.21. The Morgan fingerprint density at radius 3 is 2.93 bits per heavy atom. The number of benzene rings is 1. The summed E-state index contributed by atoms with van der Waals surface area (Å²) in [6.07, 6.45) is 2.59. The van der Waals surface area contributed by atoms with E-state index in [4.69, 9.17) is 10.8 Å². The first-order valence-electron chi connectivity index (χ1n) is 5.21. The summed E-state index contributed by atoms with van der Waals surface area (Å²) < 4.78 is 0. The predicted molar refractivity (Wildman–Crippen MR) is 58.9 cm³/mol. The van der Waals surface area contributed by atoms with E-state index in [-0.39, 0.29) is 0 Å². The molecule has 1 aliphatic carbocycles. The molecule has 1 atom stereocenters. The molecular weight excluding hydrogens is 190 g/mol. The fraction of sp³-hybridized carbons (Fsp3) is 0.417. The zero-order valence-corrected chi connectivity index (χ0v) is 8.79. The molecule has 0 heterocycles. The van der Waals surface area contributed by atoms with Crippen molar-refractivity contribution in [3.05, 3.63) is 28.8 Å². The number of aliphatic carboxylic acids is 1. The molecule has 0 bridgehead atoms. The maximum Gasteiger partial charge on any atom is 0.311 e. The summed E-state index contributed by atoms with van der Waals surface area (Å²) in [7, 11) is 0. The van der Waals surface area contributed by atoms with Crippen LogP contribution in [0.5, 0.6) is 0 Å². The highest BCUT2D eigenvalue weighted by Crippen LogP contribution is 2.36. The van der Waals surface area contributed by atoms with Crippen molar-refractivity contribution in [1.29, 1.82) is 0 Å². The molecular formula is C12H15NO2. The number of fused-ring (bicyclic) bond motifs is 1. The molecule has 0 spiro atoms. The van der Waals surface area contributed by atoms with Crippen LogP contribution in [0.3, 0.4) is 0 Å². The van der Waals surface area contributed by atoms with Crippen LogP contribution < -0.4 is 5.73 Å². The van der Waals surface area contributed by atoms with E-state index in [1.165, 1.54) is 0 Å². The van der Waals surface area contributed by atoms with E-state index in [1.807, 2.05) is 13.0 Å². The van der Waals surface area contributed by atoms with E-state index >= 15 is 0 Å². The molecule has 1 aliphatic rings. The van der Waals surface area contributed by atoms with Gasteiger partial charge in [-0.3, -0.25) is 4.79 Å². The molecule has 0 saturated carbocycles. The van der Waals surface area contributed by atoms with Crippen molar-refractivity contribution < 1.29 is 9.90 Å². The predicted octanol–water partition coefficient (Wildman–Crippen LogP) is 2.08. The first-order chi connectivity index (χ1) is 7.09. The number of carbonyl (C=O) groups is 1. The lowest BCUT2D eigenvalue weighted by molar-refractivity contribution is -0.139. The van der Waals surface area contributed by atoms with Gasteiger partial charge in [0.05, 0.1) is 5.92 Å². The van der Waals surface area contributed by atoms with Crippen molar-refractivity contribution in [3.8, 4) is 0 Å². The van der Waals surface area contributed by atoms with Crippen LogP contribution in [-0.4, -0.2) is 11.1 Å². The van der Waals surface area contributed by atoms with E-state index in [1.54, 1.807) is 0 Å². The normalized spacial score (nSPS) is 19.7. The van der Waals surface area contributed by atoms with Gasteiger partial charge in [-0.2, -0.15) is 0 Å². The number of carboxylic acids is 1. The fourth-order valence-corrected chi connectivity index (χ4v) is 2.42. The summed E-state index contributed by atoms with van der Waals surface area (Å²) in [5.74, 6) is -1.17. The second-order valence-corrected chi connectivity index (χ2v) is 4.21. The highest BCUT2D eigenvalue weighted by Gasteiger charge is 2.28. The van der Waals surface area contributed by atoms with Gasteiger partial charge in [0.1, 0.15) is 0 Å². The average molecular weight is 205 g/mol. The van der Waals surface area contributed by atoms with Gasteiger partial charge < -0.3 is 10.8 Å². The molecule has 3 nitrogen and oxygen atoms in total. The smallest absolute Gasteiger partial charge is 0.311 e. The molecule has 0 amide bonds. The molecule has 2 rings (SSSR count). The van der Waals surface area contributed by atoms with Crippen molar-refractivity contribution in [1.82, 2.24) is 0 Å². The molecule has 3 N–H and O–H groups in total. The van der Waals surface area contributed by atoms with Crippen LogP contribution in [-0.2, 0) is 11.2 Å². The number of carboxylic acid groups (broad SMARTS) is 1. The van der Waals surface area contributed by atoms with Crippen LogP contribution >= 0.6 is 0 Å². The third-order valence-electron chi connectivity index (χ3n) is 3.03. The SMILES string of the molecule is Cc1cc(N)c2c(c1)CCCC2C(=O)O. The minimum atomic E-state index is -0.758. The topological polar surface area (TPSA) is 63.3 Å². The van der Waals surface area contributed by atoms with Crippen LogP contribution in [0.4, 0.5) is 5.69 Å². The second kappa shape index (κ2) is 3.57. The lowest BCUT2D eigenvalue weighted by atomic mass is 9.81. The molecule has 0 saturated heterocycles. The summed E-state index contributed by atoms with van der Waals surface area (Å²) in [5.41, 5.74) is 9.62. The van der Waals surface area contributed by atoms with E-state index in [0.29, 0.717) is 12.1 Å². The van der Waals surface area contributed by atoms with Gasteiger partial charge in [0.2, 0.25) is 0 Å². The number of hydrogen-bond donors (Lipinski definition) is 2. The van der Waals surface area contributed by atoms with Crippen molar-refractivity contribution in [2.75, 3.05) is 5.73 Å². The number of nitrogen functional groups attached to an aromatic ring is 1. The van der Waals surface area contributed by atoms with Crippen LogP contribution in [0.25, 0.3) is 0 Å². The van der Waals surface area contributed by atoms with Crippen LogP contribution in [0.2, 0.25) is 0 Å². The van der Waals surface area contributed by atoms with Gasteiger partial charge in [-0.1, -0.05) is 6.07 Å². The Morgan fingerprint density at radius 2 is 2.27 bits per heavy atom. The van der Waals surface area contributed by atoms with Crippen LogP contribution in [0.15, 0.2) is 12.1 Å². The molecule has 1 aromatic carbocycles. The molecule has 3 heteroatoms. The Kier molecular flexibility index (Phi) is 2.39. The van der Waals surface area contributed by atoms with E-state index in [0.717, 1.165) is 29.5 Å². The zero-order valence-electron chi connectivity index (χ0n) is 8.79. The summed E-state index contributed by atoms with van der Waals surface area (Å²) >= 11 is 0. The molecule has 0 aliphatic heterocycles. The highest BCUT2D eigenvalue weighted by molar-refractivity contribution is 5.80. The maximum absolute atomic E-state index is 11.1. The zero-order chi connectivity index (χ0) is 11.0. The van der Waals surface area contributed by atoms with Gasteiger partial charge in [0, 0.05) is 5.69 Å². The van der Waals surface area contributed by atoms with Gasteiger partial charge in [-0.25, -0.2) is 0 Å². The van der Waals surface area contributed by atoms with E-state index in [2.05, 4.69) is 6.07 Å². The van der Waals surface area contributed by atoms with Crippen LogP contribution in [0.1, 0.15) is 35.4 Å². The fourth-order valence-electron chi connectivity index (χ4n) is 2.42. The lowest BCUT2D eigenvalue weighted by Crippen LogP contribution is -2.19. The van der Waals surface area contributed by atoms with Crippen molar-refractivity contribution in [3.63, 3.8) is 0 Å². The first kappa shape index (κ1) is 10.0. The summed E-state index contributed by atoms with van der Waals surface area (Å²) in [4.78, 5) is 11.1. The quantitative estimate of drug-likeness (QED) is 0.690. The Morgan fingerprint density at radius 1 is 1.53 bits per heavy atom. The Labute approximate surface area is 88.9 Å². The molecule has 1 aromatic rings. The van der Waals surface area contributed by atoms with Crippen molar-refractivity contribution in [2.24, 2.45) is 0 Å². The molecule has 0 radical (unpaired) electrons. The van der Waals surface area contributed by atoms with E-state index in [9.17, 15) is 4.79 Å². The highest BCUT2D eigenvalue weighted by atomic mass is 16.4. The van der Waals surface area contributed by atoms with E-state index < -0.39 is 11.9 Å². The number of hydrogen-bond acceptors (Lipinski definition) is 2. The Balaban J connectivity index is 2.55. The number of rotatable bonds is 1. The minimum Gasteiger partial charge on any atom is -0.481 e. The summed E-state index contributed by atoms with van der Waals surface area (Å²) in [5, 5.41) is 9.12. The molecule has 0 aromatic heterocycles. The maximum atomic E-state index is 11.1. The minimum absolute atomic E-state index is 0.408. The third-order valence-corrected chi connectivity index (χ3v) is 3.03. The number of aryl methyl sites for hydroxylation is 2. The van der Waals surface area contributed by atoms with Gasteiger partial charge in [0.15, 0.2) is 0 Å². The Bertz CT molecular complexity index is 412. The Hall–Kier alpha value is -1.51. The van der Waals surface area contributed by atoms with Gasteiger partial charge in [0.25, 0.3) is 0 Å². The molecule has 0 fully saturated rings. The van der Waals surface area contributed by atoms with Gasteiger partial charge in [-0.15, -0.1) is 0 Å². The largest absolute Gasteiger partial charge is 0.481 e. The van der Waals surface area contributed by atoms with Gasteiger partial charge >= 0.3 is 5.97 Å². The third kappa shape index (κ3) is 1.69. The summed E-state index contributed by atoms with van der Waals surface area (Å²) in [6.45, 7) is 1.99. The standard InChI is InChI=1S/C12H15NO2/c1-7-5-8-3-2-4-9(12(14)15)11(8)10(13)6-7/h5-6,9H,2-4,13H2,1H3,(H,14,15). The average Bonchev–Trinajstić information content (AvgIpc) is 2.16. The number of nitrogens with two attached hydrogens (primary N) is 1. The van der Waals surface area contributed by atoms with Crippen LogP contribution in [0, 0.1) is 6.92 Å². The number of anilines is 1. The van der Waals surface area contributed by atoms with Gasteiger partial charge in [-0.05, 0) is 48.9 Å². The lowest BCUT2D eigenvalue weighted by Gasteiger charge is -2.24. The van der Waals surface area contributed by atoms with Crippen molar-refractivity contribution in [2.45, 2.75) is 32.1 Å². The van der Waals surface area contributed by atoms with Crippen molar-refractivity contribution >= 4 is 11.7 Å². The summed E-state index contributed by atoms with van der Waals surface area (Å²) in [6, 6.07) is 3.92. The monoisotopic (exact) mass is 205 g/mol. The molecule has 15 heavy (non-hydrogen) atoms.